The van der Waals surface area contributed by atoms with Gasteiger partial charge in [-0.1, -0.05) is 13.3 Å². The number of amides is 1. The maximum Gasteiger partial charge on any atom is 0.237 e. The summed E-state index contributed by atoms with van der Waals surface area (Å²) in [6.07, 6.45) is 2.41. The van der Waals surface area contributed by atoms with Gasteiger partial charge in [0.1, 0.15) is 0 Å². The van der Waals surface area contributed by atoms with Gasteiger partial charge >= 0.3 is 0 Å². The third kappa shape index (κ3) is 2.98. The summed E-state index contributed by atoms with van der Waals surface area (Å²) in [5, 5.41) is 0. The van der Waals surface area contributed by atoms with Crippen LogP contribution >= 0.6 is 0 Å². The van der Waals surface area contributed by atoms with Gasteiger partial charge in [-0.05, 0) is 26.8 Å². The molecule has 0 N–H and O–H groups in total. The zero-order chi connectivity index (χ0) is 10.6. The molecule has 0 radical (unpaired) electrons. The highest BCUT2D eigenvalue weighted by molar-refractivity contribution is 5.79. The third-order valence-electron chi connectivity index (χ3n) is 2.79. The molecule has 1 aliphatic rings. The van der Waals surface area contributed by atoms with E-state index in [1.807, 2.05) is 4.90 Å². The first-order chi connectivity index (χ1) is 6.65. The molecule has 0 spiro atoms. The molecule has 1 saturated heterocycles. The second kappa shape index (κ2) is 5.35. The Morgan fingerprint density at radius 2 is 2.07 bits per heavy atom. The van der Waals surface area contributed by atoms with Crippen LogP contribution in [0.2, 0.25) is 0 Å². The van der Waals surface area contributed by atoms with Crippen molar-refractivity contribution in [1.82, 2.24) is 9.80 Å². The van der Waals surface area contributed by atoms with Crippen molar-refractivity contribution >= 4 is 5.91 Å². The molecule has 3 nitrogen and oxygen atoms in total. The molecule has 0 aromatic carbocycles. The topological polar surface area (TPSA) is 23.6 Å². The molecule has 1 aliphatic heterocycles. The predicted octanol–water partition coefficient (Wildman–Crippen LogP) is 1.34. The molecular weight excluding hydrogens is 176 g/mol. The summed E-state index contributed by atoms with van der Waals surface area (Å²) in [5.74, 6) is 0.294. The van der Waals surface area contributed by atoms with Crippen LogP contribution in [0.3, 0.4) is 0 Å². The summed E-state index contributed by atoms with van der Waals surface area (Å²) in [4.78, 5) is 15.9. The highest BCUT2D eigenvalue weighted by Crippen LogP contribution is 2.08. The summed E-state index contributed by atoms with van der Waals surface area (Å²) in [5.41, 5.74) is 0. The zero-order valence-corrected chi connectivity index (χ0v) is 9.62. The van der Waals surface area contributed by atoms with Crippen LogP contribution in [0, 0.1) is 0 Å². The number of hydrogen-bond donors (Lipinski definition) is 0. The van der Waals surface area contributed by atoms with Gasteiger partial charge in [0, 0.05) is 19.1 Å². The summed E-state index contributed by atoms with van der Waals surface area (Å²) in [6, 6.07) is 0.357. The van der Waals surface area contributed by atoms with Crippen molar-refractivity contribution in [1.29, 1.82) is 0 Å². The first kappa shape index (κ1) is 11.5. The Morgan fingerprint density at radius 3 is 2.57 bits per heavy atom. The second-order valence-electron chi connectivity index (χ2n) is 4.31. The molecule has 1 rings (SSSR count). The summed E-state index contributed by atoms with van der Waals surface area (Å²) < 4.78 is 0. The van der Waals surface area contributed by atoms with Crippen LogP contribution in [0.5, 0.6) is 0 Å². The Balaban J connectivity index is 2.35. The van der Waals surface area contributed by atoms with E-state index < -0.39 is 0 Å². The van der Waals surface area contributed by atoms with E-state index in [1.54, 1.807) is 0 Å². The van der Waals surface area contributed by atoms with Crippen LogP contribution in [0.25, 0.3) is 0 Å². The molecule has 82 valence electrons. The van der Waals surface area contributed by atoms with Crippen LogP contribution in [0.4, 0.5) is 0 Å². The molecule has 0 aromatic rings. The van der Waals surface area contributed by atoms with E-state index in [0.29, 0.717) is 18.5 Å². The standard InChI is InChI=1S/C11H22N2O/c1-4-5-6-12-7-8-13(10(2)3)11(14)9-12/h10H,4-9H2,1-3H3. The second-order valence-corrected chi connectivity index (χ2v) is 4.31. The first-order valence-corrected chi connectivity index (χ1v) is 5.67. The van der Waals surface area contributed by atoms with Crippen LogP contribution < -0.4 is 0 Å². The lowest BCUT2D eigenvalue weighted by molar-refractivity contribution is -0.137. The normalized spacial score (nSPS) is 19.4. The molecule has 1 amide bonds. The lowest BCUT2D eigenvalue weighted by Crippen LogP contribution is -2.52. The average Bonchev–Trinajstić information content (AvgIpc) is 2.14. The first-order valence-electron chi connectivity index (χ1n) is 5.67. The lowest BCUT2D eigenvalue weighted by Gasteiger charge is -2.36. The quantitative estimate of drug-likeness (QED) is 0.680. The van der Waals surface area contributed by atoms with Gasteiger partial charge in [0.25, 0.3) is 0 Å². The fourth-order valence-electron chi connectivity index (χ4n) is 1.85. The van der Waals surface area contributed by atoms with Gasteiger partial charge in [-0.2, -0.15) is 0 Å². The number of rotatable bonds is 4. The lowest BCUT2D eigenvalue weighted by atomic mass is 10.2. The number of nitrogens with zero attached hydrogens (tertiary/aromatic N) is 2. The Kier molecular flexibility index (Phi) is 4.39. The summed E-state index contributed by atoms with van der Waals surface area (Å²) >= 11 is 0. The number of unbranched alkanes of at least 4 members (excludes halogenated alkanes) is 1. The monoisotopic (exact) mass is 198 g/mol. The Bertz CT molecular complexity index is 192. The Morgan fingerprint density at radius 1 is 1.36 bits per heavy atom. The number of hydrogen-bond acceptors (Lipinski definition) is 2. The fourth-order valence-corrected chi connectivity index (χ4v) is 1.85. The molecule has 0 bridgehead atoms. The minimum absolute atomic E-state index is 0.294. The highest BCUT2D eigenvalue weighted by atomic mass is 16.2. The van der Waals surface area contributed by atoms with Crippen molar-refractivity contribution in [3.8, 4) is 0 Å². The summed E-state index contributed by atoms with van der Waals surface area (Å²) in [6.45, 7) is 10.0. The van der Waals surface area contributed by atoms with Gasteiger partial charge in [0.15, 0.2) is 0 Å². The van der Waals surface area contributed by atoms with Crippen molar-refractivity contribution in [3.63, 3.8) is 0 Å². The maximum absolute atomic E-state index is 11.7. The predicted molar refractivity (Wildman–Crippen MR) is 58.2 cm³/mol. The van der Waals surface area contributed by atoms with Gasteiger partial charge < -0.3 is 4.90 Å². The van der Waals surface area contributed by atoms with E-state index >= 15 is 0 Å². The van der Waals surface area contributed by atoms with Crippen molar-refractivity contribution in [3.05, 3.63) is 0 Å². The SMILES string of the molecule is CCCCN1CCN(C(C)C)C(=O)C1. The largest absolute Gasteiger partial charge is 0.338 e. The molecule has 0 unspecified atom stereocenters. The van der Waals surface area contributed by atoms with Crippen molar-refractivity contribution < 1.29 is 4.79 Å². The molecule has 0 atom stereocenters. The van der Waals surface area contributed by atoms with Crippen molar-refractivity contribution in [2.75, 3.05) is 26.2 Å². The summed E-state index contributed by atoms with van der Waals surface area (Å²) in [7, 11) is 0. The molecule has 1 heterocycles. The minimum atomic E-state index is 0.294. The molecule has 0 aromatic heterocycles. The molecule has 0 aliphatic carbocycles. The van der Waals surface area contributed by atoms with Crippen molar-refractivity contribution in [2.24, 2.45) is 0 Å². The van der Waals surface area contributed by atoms with Crippen LogP contribution in [0.15, 0.2) is 0 Å². The fraction of sp³-hybridized carbons (Fsp3) is 0.909. The highest BCUT2D eigenvalue weighted by Gasteiger charge is 2.24. The molecule has 1 fully saturated rings. The molecule has 14 heavy (non-hydrogen) atoms. The van der Waals surface area contributed by atoms with Gasteiger partial charge in [0.2, 0.25) is 5.91 Å². The number of piperazine rings is 1. The van der Waals surface area contributed by atoms with Crippen LogP contribution in [-0.4, -0.2) is 47.9 Å². The smallest absolute Gasteiger partial charge is 0.237 e. The molecular formula is C11H22N2O. The van der Waals surface area contributed by atoms with Crippen LogP contribution in [0.1, 0.15) is 33.6 Å². The van der Waals surface area contributed by atoms with Crippen LogP contribution in [-0.2, 0) is 4.79 Å². The van der Waals surface area contributed by atoms with Crippen molar-refractivity contribution in [2.45, 2.75) is 39.7 Å². The van der Waals surface area contributed by atoms with E-state index in [4.69, 9.17) is 0 Å². The van der Waals surface area contributed by atoms with Gasteiger partial charge in [-0.15, -0.1) is 0 Å². The molecule has 0 saturated carbocycles. The molecule has 3 heteroatoms. The Hall–Kier alpha value is -0.570. The number of carbonyl (C=O) groups excluding carboxylic acids is 1. The number of carbonyl (C=O) groups is 1. The van der Waals surface area contributed by atoms with E-state index in [2.05, 4.69) is 25.7 Å². The van der Waals surface area contributed by atoms with Gasteiger partial charge in [-0.25, -0.2) is 0 Å². The van der Waals surface area contributed by atoms with E-state index in [9.17, 15) is 4.79 Å². The zero-order valence-electron chi connectivity index (χ0n) is 9.62. The maximum atomic E-state index is 11.7. The third-order valence-corrected chi connectivity index (χ3v) is 2.79. The Labute approximate surface area is 87.1 Å². The minimum Gasteiger partial charge on any atom is -0.338 e. The van der Waals surface area contributed by atoms with Gasteiger partial charge in [0.05, 0.1) is 6.54 Å². The van der Waals surface area contributed by atoms with E-state index in [1.165, 1.54) is 12.8 Å². The van der Waals surface area contributed by atoms with Gasteiger partial charge in [-0.3, -0.25) is 9.69 Å². The average molecular weight is 198 g/mol. The van der Waals surface area contributed by atoms with E-state index in [0.717, 1.165) is 19.6 Å². The van der Waals surface area contributed by atoms with E-state index in [-0.39, 0.29) is 0 Å².